The van der Waals surface area contributed by atoms with Crippen molar-refractivity contribution in [3.8, 4) is 5.75 Å². The summed E-state index contributed by atoms with van der Waals surface area (Å²) in [6.07, 6.45) is 0. The number of carbonyl (C=O) groups is 1. The number of halogens is 2. The summed E-state index contributed by atoms with van der Waals surface area (Å²) < 4.78 is 24.1. The summed E-state index contributed by atoms with van der Waals surface area (Å²) in [7, 11) is 0. The Hall–Kier alpha value is -2.11. The molecule has 2 aromatic carbocycles. The highest BCUT2D eigenvalue weighted by Gasteiger charge is 2.17. The van der Waals surface area contributed by atoms with Crippen molar-refractivity contribution in [3.05, 3.63) is 63.9 Å². The first-order chi connectivity index (χ1) is 10.6. The molecule has 4 nitrogen and oxygen atoms in total. The van der Waals surface area contributed by atoms with Crippen LogP contribution in [-0.4, -0.2) is 12.7 Å². The summed E-state index contributed by atoms with van der Waals surface area (Å²) in [5, 5.41) is 3.30. The first-order valence-corrected chi connectivity index (χ1v) is 7.07. The molecule has 6 heteroatoms. The Labute approximate surface area is 131 Å². The van der Waals surface area contributed by atoms with Crippen molar-refractivity contribution >= 4 is 17.5 Å². The van der Waals surface area contributed by atoms with Gasteiger partial charge in [-0.2, -0.15) is 0 Å². The maximum absolute atomic E-state index is 13.6. The van der Waals surface area contributed by atoms with Crippen LogP contribution in [0, 0.1) is 5.82 Å². The molecule has 1 N–H and O–H groups in total. The van der Waals surface area contributed by atoms with E-state index in [4.69, 9.17) is 21.1 Å². The van der Waals surface area contributed by atoms with E-state index in [2.05, 4.69) is 5.32 Å². The van der Waals surface area contributed by atoms with Crippen molar-refractivity contribution in [2.24, 2.45) is 0 Å². The lowest BCUT2D eigenvalue weighted by Crippen LogP contribution is -2.24. The third-order valence-electron chi connectivity index (χ3n) is 3.30. The first-order valence-electron chi connectivity index (χ1n) is 6.69. The second kappa shape index (κ2) is 6.34. The van der Waals surface area contributed by atoms with Crippen LogP contribution in [0.1, 0.15) is 21.5 Å². The van der Waals surface area contributed by atoms with Gasteiger partial charge in [-0.3, -0.25) is 4.79 Å². The van der Waals surface area contributed by atoms with Gasteiger partial charge in [-0.1, -0.05) is 11.6 Å². The molecule has 0 aromatic heterocycles. The van der Waals surface area contributed by atoms with Crippen molar-refractivity contribution < 1.29 is 18.7 Å². The Kier molecular flexibility index (Phi) is 4.27. The molecule has 3 rings (SSSR count). The highest BCUT2D eigenvalue weighted by atomic mass is 35.5. The van der Waals surface area contributed by atoms with Crippen molar-refractivity contribution in [3.63, 3.8) is 0 Å². The van der Waals surface area contributed by atoms with Gasteiger partial charge in [0.15, 0.2) is 6.79 Å². The topological polar surface area (TPSA) is 47.6 Å². The summed E-state index contributed by atoms with van der Waals surface area (Å²) in [5.41, 5.74) is 1.71. The summed E-state index contributed by atoms with van der Waals surface area (Å²) in [4.78, 5) is 12.1. The number of hydrogen-bond donors (Lipinski definition) is 1. The summed E-state index contributed by atoms with van der Waals surface area (Å²) >= 11 is 5.78. The maximum Gasteiger partial charge on any atom is 0.251 e. The molecule has 0 radical (unpaired) electrons. The van der Waals surface area contributed by atoms with E-state index in [1.54, 1.807) is 24.3 Å². The molecule has 22 heavy (non-hydrogen) atoms. The van der Waals surface area contributed by atoms with Gasteiger partial charge in [-0.15, -0.1) is 0 Å². The fraction of sp³-hybridized carbons (Fsp3) is 0.188. The molecular formula is C16H13ClFNO3. The van der Waals surface area contributed by atoms with Crippen molar-refractivity contribution in [1.82, 2.24) is 5.32 Å². The molecule has 0 unspecified atom stereocenters. The SMILES string of the molecule is O=C(NCc1cc(F)cc2c1OCOC2)c1ccc(Cl)cc1. The van der Waals surface area contributed by atoms with Crippen LogP contribution in [0.2, 0.25) is 5.02 Å². The van der Waals surface area contributed by atoms with Gasteiger partial charge in [0.25, 0.3) is 5.91 Å². The first kappa shape index (κ1) is 14.8. The highest BCUT2D eigenvalue weighted by molar-refractivity contribution is 6.30. The second-order valence-corrected chi connectivity index (χ2v) is 5.29. The number of nitrogens with one attached hydrogen (secondary N) is 1. The summed E-state index contributed by atoms with van der Waals surface area (Å²) in [5.74, 6) is -0.0746. The van der Waals surface area contributed by atoms with Crippen LogP contribution in [-0.2, 0) is 17.9 Å². The molecule has 1 aliphatic rings. The van der Waals surface area contributed by atoms with E-state index in [9.17, 15) is 9.18 Å². The smallest absolute Gasteiger partial charge is 0.251 e. The van der Waals surface area contributed by atoms with E-state index in [0.717, 1.165) is 0 Å². The van der Waals surface area contributed by atoms with Crippen LogP contribution >= 0.6 is 11.6 Å². The average molecular weight is 322 g/mol. The van der Waals surface area contributed by atoms with Crippen molar-refractivity contribution in [2.75, 3.05) is 6.79 Å². The standard InChI is InChI=1S/C16H13ClFNO3/c17-13-3-1-10(2-4-13)16(20)19-7-11-5-14(18)6-12-8-21-9-22-15(11)12/h1-6H,7-9H2,(H,19,20). The minimum absolute atomic E-state index is 0.122. The van der Waals surface area contributed by atoms with Gasteiger partial charge in [0, 0.05) is 28.3 Å². The second-order valence-electron chi connectivity index (χ2n) is 4.85. The van der Waals surface area contributed by atoms with Gasteiger partial charge < -0.3 is 14.8 Å². The highest BCUT2D eigenvalue weighted by Crippen LogP contribution is 2.29. The molecule has 0 saturated heterocycles. The average Bonchev–Trinajstić information content (AvgIpc) is 2.52. The quantitative estimate of drug-likeness (QED) is 0.943. The largest absolute Gasteiger partial charge is 0.467 e. The molecule has 0 spiro atoms. The normalized spacial score (nSPS) is 13.2. The van der Waals surface area contributed by atoms with Gasteiger partial charge in [-0.25, -0.2) is 4.39 Å². The minimum Gasteiger partial charge on any atom is -0.467 e. The van der Waals surface area contributed by atoms with Crippen LogP contribution in [0.15, 0.2) is 36.4 Å². The molecular weight excluding hydrogens is 309 g/mol. The lowest BCUT2D eigenvalue weighted by atomic mass is 10.1. The summed E-state index contributed by atoms with van der Waals surface area (Å²) in [6, 6.07) is 9.26. The Bertz CT molecular complexity index is 703. The van der Waals surface area contributed by atoms with E-state index in [1.165, 1.54) is 12.1 Å². The van der Waals surface area contributed by atoms with E-state index >= 15 is 0 Å². The Morgan fingerprint density at radius 1 is 1.27 bits per heavy atom. The van der Waals surface area contributed by atoms with Crippen molar-refractivity contribution in [2.45, 2.75) is 13.2 Å². The fourth-order valence-electron chi connectivity index (χ4n) is 2.27. The fourth-order valence-corrected chi connectivity index (χ4v) is 2.39. The van der Waals surface area contributed by atoms with Crippen LogP contribution in [0.4, 0.5) is 4.39 Å². The molecule has 0 fully saturated rings. The minimum atomic E-state index is -0.386. The van der Waals surface area contributed by atoms with E-state index in [0.29, 0.717) is 34.1 Å². The van der Waals surface area contributed by atoms with Crippen molar-refractivity contribution in [1.29, 1.82) is 0 Å². The predicted molar refractivity (Wildman–Crippen MR) is 79.3 cm³/mol. The third-order valence-corrected chi connectivity index (χ3v) is 3.55. The molecule has 1 amide bonds. The van der Waals surface area contributed by atoms with Crippen LogP contribution in [0.5, 0.6) is 5.75 Å². The van der Waals surface area contributed by atoms with E-state index < -0.39 is 0 Å². The van der Waals surface area contributed by atoms with Crippen LogP contribution in [0.25, 0.3) is 0 Å². The third kappa shape index (κ3) is 3.21. The number of benzene rings is 2. The van der Waals surface area contributed by atoms with E-state index in [-0.39, 0.29) is 25.1 Å². The lowest BCUT2D eigenvalue weighted by molar-refractivity contribution is -0.0173. The van der Waals surface area contributed by atoms with Crippen LogP contribution in [0.3, 0.4) is 0 Å². The molecule has 114 valence electrons. The van der Waals surface area contributed by atoms with Gasteiger partial charge in [0.1, 0.15) is 11.6 Å². The Morgan fingerprint density at radius 2 is 2.05 bits per heavy atom. The number of rotatable bonds is 3. The number of amides is 1. The zero-order chi connectivity index (χ0) is 15.5. The number of hydrogen-bond acceptors (Lipinski definition) is 3. The number of fused-ring (bicyclic) bond motifs is 1. The molecule has 0 atom stereocenters. The molecule has 0 bridgehead atoms. The van der Waals surface area contributed by atoms with Gasteiger partial charge >= 0.3 is 0 Å². The zero-order valence-corrected chi connectivity index (χ0v) is 12.3. The van der Waals surface area contributed by atoms with Gasteiger partial charge in [0.2, 0.25) is 0 Å². The van der Waals surface area contributed by atoms with Gasteiger partial charge in [-0.05, 0) is 36.4 Å². The molecule has 2 aromatic rings. The maximum atomic E-state index is 13.6. The van der Waals surface area contributed by atoms with Crippen LogP contribution < -0.4 is 10.1 Å². The Morgan fingerprint density at radius 3 is 2.82 bits per heavy atom. The lowest BCUT2D eigenvalue weighted by Gasteiger charge is -2.21. The van der Waals surface area contributed by atoms with E-state index in [1.807, 2.05) is 0 Å². The molecule has 0 saturated carbocycles. The molecule has 1 heterocycles. The number of carbonyl (C=O) groups excluding carboxylic acids is 1. The number of ether oxygens (including phenoxy) is 2. The molecule has 0 aliphatic carbocycles. The molecule has 1 aliphatic heterocycles. The Balaban J connectivity index is 1.75. The monoisotopic (exact) mass is 321 g/mol. The predicted octanol–water partition coefficient (Wildman–Crippen LogP) is 3.28. The summed E-state index contributed by atoms with van der Waals surface area (Å²) in [6.45, 7) is 0.587. The zero-order valence-electron chi connectivity index (χ0n) is 11.6. The van der Waals surface area contributed by atoms with Gasteiger partial charge in [0.05, 0.1) is 6.61 Å².